The third-order valence-corrected chi connectivity index (χ3v) is 6.22. The number of methoxy groups -OCH3 is 1. The minimum absolute atomic E-state index is 0.198. The predicted molar refractivity (Wildman–Crippen MR) is 116 cm³/mol. The number of benzene rings is 3. The van der Waals surface area contributed by atoms with Crippen molar-refractivity contribution in [2.24, 2.45) is 0 Å². The van der Waals surface area contributed by atoms with Gasteiger partial charge in [-0.15, -0.1) is 0 Å². The van der Waals surface area contributed by atoms with Gasteiger partial charge in [-0.1, -0.05) is 60.2 Å². The maximum Gasteiger partial charge on any atom is 0.127 e. The van der Waals surface area contributed by atoms with Crippen molar-refractivity contribution >= 4 is 0 Å². The van der Waals surface area contributed by atoms with Gasteiger partial charge in [0, 0.05) is 18.0 Å². The minimum Gasteiger partial charge on any atom is -0.497 e. The highest BCUT2D eigenvalue weighted by molar-refractivity contribution is 5.44. The minimum atomic E-state index is -0.238. The Kier molecular flexibility index (Phi) is 5.68. The number of hydrogen-bond donors (Lipinski definition) is 0. The van der Waals surface area contributed by atoms with Crippen LogP contribution in [0, 0.1) is 12.7 Å². The molecule has 2 nitrogen and oxygen atoms in total. The van der Waals surface area contributed by atoms with Gasteiger partial charge < -0.3 is 4.74 Å². The van der Waals surface area contributed by atoms with E-state index in [4.69, 9.17) is 4.74 Å². The van der Waals surface area contributed by atoms with Gasteiger partial charge in [0.05, 0.1) is 7.11 Å². The van der Waals surface area contributed by atoms with Gasteiger partial charge in [-0.05, 0) is 61.7 Å². The normalized spacial score (nSPS) is 16.5. The van der Waals surface area contributed by atoms with Gasteiger partial charge in [0.1, 0.15) is 11.6 Å². The molecule has 0 radical (unpaired) electrons. The van der Waals surface area contributed by atoms with Crippen molar-refractivity contribution in [1.82, 2.24) is 4.90 Å². The first-order valence-corrected chi connectivity index (χ1v) is 10.3. The molecule has 150 valence electrons. The molecule has 1 saturated heterocycles. The lowest BCUT2D eigenvalue weighted by Gasteiger charge is -2.43. The van der Waals surface area contributed by atoms with Crippen molar-refractivity contribution in [3.05, 3.63) is 101 Å². The lowest BCUT2D eigenvalue weighted by atomic mass is 9.68. The van der Waals surface area contributed by atoms with Gasteiger partial charge in [-0.25, -0.2) is 4.39 Å². The number of nitrogens with zero attached hydrogens (tertiary/aromatic N) is 1. The van der Waals surface area contributed by atoms with Gasteiger partial charge in [-0.3, -0.25) is 4.90 Å². The van der Waals surface area contributed by atoms with Crippen LogP contribution in [-0.4, -0.2) is 25.1 Å². The van der Waals surface area contributed by atoms with Crippen LogP contribution in [0.3, 0.4) is 0 Å². The molecule has 0 unspecified atom stereocenters. The van der Waals surface area contributed by atoms with Crippen molar-refractivity contribution in [2.45, 2.75) is 31.7 Å². The van der Waals surface area contributed by atoms with Crippen LogP contribution in [-0.2, 0) is 12.0 Å². The number of aryl methyl sites for hydroxylation is 1. The van der Waals surface area contributed by atoms with E-state index in [9.17, 15) is 4.39 Å². The highest BCUT2D eigenvalue weighted by Crippen LogP contribution is 2.43. The van der Waals surface area contributed by atoms with Crippen LogP contribution in [0.5, 0.6) is 5.75 Å². The second kappa shape index (κ2) is 8.38. The third kappa shape index (κ3) is 4.20. The largest absolute Gasteiger partial charge is 0.497 e. The maximum atomic E-state index is 14.4. The van der Waals surface area contributed by atoms with Crippen molar-refractivity contribution in [2.75, 3.05) is 20.2 Å². The van der Waals surface area contributed by atoms with E-state index >= 15 is 0 Å². The molecule has 29 heavy (non-hydrogen) atoms. The molecule has 4 rings (SSSR count). The Morgan fingerprint density at radius 1 is 0.897 bits per heavy atom. The van der Waals surface area contributed by atoms with Crippen molar-refractivity contribution < 1.29 is 9.13 Å². The molecule has 1 aliphatic heterocycles. The average molecular weight is 390 g/mol. The topological polar surface area (TPSA) is 12.5 Å². The van der Waals surface area contributed by atoms with Crippen LogP contribution in [0.15, 0.2) is 72.8 Å². The smallest absolute Gasteiger partial charge is 0.127 e. The molecule has 1 fully saturated rings. The molecule has 3 aromatic rings. The fourth-order valence-electron chi connectivity index (χ4n) is 4.51. The second-order valence-electron chi connectivity index (χ2n) is 8.09. The summed E-state index contributed by atoms with van der Waals surface area (Å²) >= 11 is 0. The van der Waals surface area contributed by atoms with Crippen LogP contribution in [0.2, 0.25) is 0 Å². The zero-order valence-electron chi connectivity index (χ0n) is 17.2. The quantitative estimate of drug-likeness (QED) is 0.553. The molecule has 0 atom stereocenters. The summed E-state index contributed by atoms with van der Waals surface area (Å²) in [5.74, 6) is 0.343. The molecule has 0 aromatic heterocycles. The lowest BCUT2D eigenvalue weighted by Crippen LogP contribution is -2.43. The van der Waals surface area contributed by atoms with Gasteiger partial charge in [-0.2, -0.15) is 0 Å². The molecule has 3 heteroatoms. The molecule has 0 amide bonds. The van der Waals surface area contributed by atoms with Crippen molar-refractivity contribution in [3.63, 3.8) is 0 Å². The standard InChI is InChI=1S/C26H28FNO/c1-20-8-10-22(11-9-20)26(23-16-24(27)18-25(17-23)29-2)12-14-28(15-13-26)19-21-6-4-3-5-7-21/h3-11,16-18H,12-15,19H2,1-2H3. The lowest BCUT2D eigenvalue weighted by molar-refractivity contribution is 0.172. The fraction of sp³-hybridized carbons (Fsp3) is 0.308. The Hall–Kier alpha value is -2.65. The van der Waals surface area contributed by atoms with Crippen LogP contribution in [0.4, 0.5) is 4.39 Å². The van der Waals surface area contributed by atoms with Gasteiger partial charge in [0.25, 0.3) is 0 Å². The SMILES string of the molecule is COc1cc(F)cc(C2(c3ccc(C)cc3)CCN(Cc3ccccc3)CC2)c1. The zero-order chi connectivity index (χ0) is 20.3. The molecule has 0 saturated carbocycles. The number of piperidine rings is 1. The summed E-state index contributed by atoms with van der Waals surface area (Å²) in [5.41, 5.74) is 4.65. The number of hydrogen-bond acceptors (Lipinski definition) is 2. The molecular formula is C26H28FNO. The summed E-state index contributed by atoms with van der Waals surface area (Å²) < 4.78 is 19.8. The summed E-state index contributed by atoms with van der Waals surface area (Å²) in [7, 11) is 1.60. The highest BCUT2D eigenvalue weighted by Gasteiger charge is 2.38. The zero-order valence-corrected chi connectivity index (χ0v) is 17.2. The molecule has 0 aliphatic carbocycles. The van der Waals surface area contributed by atoms with Crippen LogP contribution in [0.25, 0.3) is 0 Å². The van der Waals surface area contributed by atoms with Gasteiger partial charge in [0.2, 0.25) is 0 Å². The first-order valence-electron chi connectivity index (χ1n) is 10.3. The van der Waals surface area contributed by atoms with Crippen LogP contribution < -0.4 is 4.74 Å². The van der Waals surface area contributed by atoms with Crippen LogP contribution in [0.1, 0.15) is 35.1 Å². The summed E-state index contributed by atoms with van der Waals surface area (Å²) in [5, 5.41) is 0. The Balaban J connectivity index is 1.66. The van der Waals surface area contributed by atoms with E-state index in [1.807, 2.05) is 6.07 Å². The summed E-state index contributed by atoms with van der Waals surface area (Å²) in [4.78, 5) is 2.50. The van der Waals surface area contributed by atoms with E-state index in [0.29, 0.717) is 5.75 Å². The maximum absolute atomic E-state index is 14.4. The first-order chi connectivity index (χ1) is 14.1. The Bertz CT molecular complexity index is 944. The predicted octanol–water partition coefficient (Wildman–Crippen LogP) is 5.72. The van der Waals surface area contributed by atoms with E-state index < -0.39 is 0 Å². The molecule has 0 bridgehead atoms. The molecule has 1 aliphatic rings. The van der Waals surface area contributed by atoms with E-state index in [1.165, 1.54) is 22.8 Å². The van der Waals surface area contributed by atoms with Crippen molar-refractivity contribution in [1.29, 1.82) is 0 Å². The summed E-state index contributed by atoms with van der Waals surface area (Å²) in [6.07, 6.45) is 1.91. The first kappa shape index (κ1) is 19.7. The van der Waals surface area contributed by atoms with Crippen LogP contribution >= 0.6 is 0 Å². The summed E-state index contributed by atoms with van der Waals surface area (Å²) in [6, 6.07) is 24.5. The van der Waals surface area contributed by atoms with E-state index in [-0.39, 0.29) is 11.2 Å². The van der Waals surface area contributed by atoms with Gasteiger partial charge >= 0.3 is 0 Å². The molecular weight excluding hydrogens is 361 g/mol. The number of likely N-dealkylation sites (tertiary alicyclic amines) is 1. The number of ether oxygens (including phenoxy) is 1. The van der Waals surface area contributed by atoms with Gasteiger partial charge in [0.15, 0.2) is 0 Å². The molecule has 3 aromatic carbocycles. The summed E-state index contributed by atoms with van der Waals surface area (Å²) in [6.45, 7) is 5.00. The molecule has 1 heterocycles. The molecule has 0 N–H and O–H groups in total. The third-order valence-electron chi connectivity index (χ3n) is 6.22. The second-order valence-corrected chi connectivity index (χ2v) is 8.09. The average Bonchev–Trinajstić information content (AvgIpc) is 2.75. The number of halogens is 1. The van der Waals surface area contributed by atoms with E-state index in [0.717, 1.165) is 38.0 Å². The monoisotopic (exact) mass is 389 g/mol. The Labute approximate surface area is 172 Å². The van der Waals surface area contributed by atoms with Crippen molar-refractivity contribution in [3.8, 4) is 5.75 Å². The highest BCUT2D eigenvalue weighted by atomic mass is 19.1. The fourth-order valence-corrected chi connectivity index (χ4v) is 4.51. The Morgan fingerprint density at radius 2 is 1.59 bits per heavy atom. The number of rotatable bonds is 5. The Morgan fingerprint density at radius 3 is 2.24 bits per heavy atom. The van der Waals surface area contributed by atoms with E-state index in [1.54, 1.807) is 13.2 Å². The van der Waals surface area contributed by atoms with E-state index in [2.05, 4.69) is 66.4 Å². The molecule has 0 spiro atoms.